The Morgan fingerprint density at radius 1 is 1.04 bits per heavy atom. The van der Waals surface area contributed by atoms with E-state index in [0.29, 0.717) is 5.69 Å². The standard InChI is InChI=1S/C18H16Cl2N2O3S/c1-2-3-4-9-18(23)21-13-10-11-15(20)17(12-13)26(24,25)22-16-8-6-5-7-14(16)19/h2-12,22H,1H3,(H,21,23). The molecule has 0 heterocycles. The van der Waals surface area contributed by atoms with Crippen LogP contribution < -0.4 is 10.0 Å². The summed E-state index contributed by atoms with van der Waals surface area (Å²) in [6.45, 7) is 1.82. The summed E-state index contributed by atoms with van der Waals surface area (Å²) in [5, 5.41) is 2.85. The molecule has 2 rings (SSSR count). The highest BCUT2D eigenvalue weighted by Crippen LogP contribution is 2.29. The Kier molecular flexibility index (Phi) is 6.85. The van der Waals surface area contributed by atoms with E-state index in [4.69, 9.17) is 23.2 Å². The average Bonchev–Trinajstić information content (AvgIpc) is 2.58. The van der Waals surface area contributed by atoms with Gasteiger partial charge in [0.1, 0.15) is 4.90 Å². The van der Waals surface area contributed by atoms with Gasteiger partial charge in [0.2, 0.25) is 5.91 Å². The predicted molar refractivity (Wildman–Crippen MR) is 106 cm³/mol. The van der Waals surface area contributed by atoms with E-state index < -0.39 is 15.9 Å². The first-order valence-corrected chi connectivity index (χ1v) is 9.74. The lowest BCUT2D eigenvalue weighted by Crippen LogP contribution is -2.15. The molecule has 0 aromatic heterocycles. The molecule has 0 unspecified atom stereocenters. The van der Waals surface area contributed by atoms with Crippen molar-refractivity contribution < 1.29 is 13.2 Å². The number of amides is 1. The van der Waals surface area contributed by atoms with Gasteiger partial charge in [-0.3, -0.25) is 9.52 Å². The number of halogens is 2. The first-order valence-electron chi connectivity index (χ1n) is 7.51. The molecule has 0 bridgehead atoms. The number of anilines is 2. The van der Waals surface area contributed by atoms with Crippen molar-refractivity contribution in [2.75, 3.05) is 10.0 Å². The highest BCUT2D eigenvalue weighted by Gasteiger charge is 2.20. The van der Waals surface area contributed by atoms with Crippen molar-refractivity contribution in [3.05, 3.63) is 76.8 Å². The van der Waals surface area contributed by atoms with Crippen molar-refractivity contribution in [3.63, 3.8) is 0 Å². The van der Waals surface area contributed by atoms with Gasteiger partial charge in [0.15, 0.2) is 0 Å². The average molecular weight is 411 g/mol. The zero-order valence-corrected chi connectivity index (χ0v) is 16.1. The molecule has 0 aliphatic rings. The largest absolute Gasteiger partial charge is 0.322 e. The zero-order valence-electron chi connectivity index (χ0n) is 13.7. The second-order valence-electron chi connectivity index (χ2n) is 5.10. The maximum atomic E-state index is 12.6. The van der Waals surface area contributed by atoms with E-state index in [9.17, 15) is 13.2 Å². The van der Waals surface area contributed by atoms with Crippen LogP contribution in [0.2, 0.25) is 10.0 Å². The van der Waals surface area contributed by atoms with E-state index >= 15 is 0 Å². The molecule has 2 aromatic carbocycles. The summed E-state index contributed by atoms with van der Waals surface area (Å²) in [4.78, 5) is 11.6. The number of hydrogen-bond donors (Lipinski definition) is 2. The van der Waals surface area contributed by atoms with Crippen molar-refractivity contribution in [1.29, 1.82) is 0 Å². The fourth-order valence-corrected chi connectivity index (χ4v) is 3.81. The van der Waals surface area contributed by atoms with Gasteiger partial charge in [-0.1, -0.05) is 53.6 Å². The molecule has 1 amide bonds. The van der Waals surface area contributed by atoms with Crippen molar-refractivity contribution in [2.24, 2.45) is 0 Å². The van der Waals surface area contributed by atoms with Crippen LogP contribution in [-0.2, 0) is 14.8 Å². The third kappa shape index (κ3) is 5.36. The molecule has 0 saturated carbocycles. The number of carbonyl (C=O) groups excluding carboxylic acids is 1. The quantitative estimate of drug-likeness (QED) is 0.526. The number of nitrogens with one attached hydrogen (secondary N) is 2. The van der Waals surface area contributed by atoms with E-state index in [1.54, 1.807) is 36.4 Å². The minimum Gasteiger partial charge on any atom is -0.322 e. The molecule has 0 atom stereocenters. The molecule has 0 aliphatic heterocycles. The van der Waals surface area contributed by atoms with Crippen LogP contribution in [0.3, 0.4) is 0 Å². The summed E-state index contributed by atoms with van der Waals surface area (Å²) < 4.78 is 27.7. The second kappa shape index (κ2) is 8.89. The Labute approximate surface area is 162 Å². The van der Waals surface area contributed by atoms with Crippen LogP contribution in [0.5, 0.6) is 0 Å². The Morgan fingerprint density at radius 3 is 2.46 bits per heavy atom. The number of allylic oxidation sites excluding steroid dienone is 3. The minimum atomic E-state index is -3.99. The van der Waals surface area contributed by atoms with Gasteiger partial charge in [-0.15, -0.1) is 0 Å². The molecule has 0 saturated heterocycles. The fourth-order valence-electron chi connectivity index (χ4n) is 1.97. The lowest BCUT2D eigenvalue weighted by atomic mass is 10.3. The molecular weight excluding hydrogens is 395 g/mol. The second-order valence-corrected chi connectivity index (χ2v) is 7.57. The molecule has 0 fully saturated rings. The van der Waals surface area contributed by atoms with E-state index in [1.165, 1.54) is 30.3 Å². The monoisotopic (exact) mass is 410 g/mol. The van der Waals surface area contributed by atoms with Gasteiger partial charge in [-0.25, -0.2) is 8.42 Å². The van der Waals surface area contributed by atoms with Crippen LogP contribution in [0.4, 0.5) is 11.4 Å². The molecule has 2 aromatic rings. The third-order valence-corrected chi connectivity index (χ3v) is 5.33. The van der Waals surface area contributed by atoms with Gasteiger partial charge in [0.25, 0.3) is 10.0 Å². The van der Waals surface area contributed by atoms with Crippen molar-refractivity contribution in [3.8, 4) is 0 Å². The van der Waals surface area contributed by atoms with E-state index in [0.717, 1.165) is 0 Å². The van der Waals surface area contributed by atoms with Crippen LogP contribution in [0.15, 0.2) is 71.7 Å². The van der Waals surface area contributed by atoms with Gasteiger partial charge < -0.3 is 5.32 Å². The van der Waals surface area contributed by atoms with Crippen molar-refractivity contribution in [1.82, 2.24) is 0 Å². The van der Waals surface area contributed by atoms with Gasteiger partial charge in [-0.05, 0) is 37.3 Å². The highest BCUT2D eigenvalue weighted by atomic mass is 35.5. The lowest BCUT2D eigenvalue weighted by molar-refractivity contribution is -0.111. The maximum Gasteiger partial charge on any atom is 0.263 e. The number of para-hydroxylation sites is 1. The summed E-state index contributed by atoms with van der Waals surface area (Å²) in [6, 6.07) is 10.6. The van der Waals surface area contributed by atoms with Crippen LogP contribution in [0, 0.1) is 0 Å². The Balaban J connectivity index is 2.28. The summed E-state index contributed by atoms with van der Waals surface area (Å²) in [6.07, 6.45) is 6.37. The molecule has 0 radical (unpaired) electrons. The summed E-state index contributed by atoms with van der Waals surface area (Å²) in [5.41, 5.74) is 0.526. The van der Waals surface area contributed by atoms with Gasteiger partial charge in [0.05, 0.1) is 15.7 Å². The molecule has 26 heavy (non-hydrogen) atoms. The minimum absolute atomic E-state index is 0.0204. The fraction of sp³-hybridized carbons (Fsp3) is 0.0556. The molecule has 2 N–H and O–H groups in total. The summed E-state index contributed by atoms with van der Waals surface area (Å²) in [7, 11) is -3.99. The third-order valence-electron chi connectivity index (χ3n) is 3.16. The van der Waals surface area contributed by atoms with Crippen LogP contribution in [0.25, 0.3) is 0 Å². The summed E-state index contributed by atoms with van der Waals surface area (Å²) in [5.74, 6) is -0.396. The molecular formula is C18H16Cl2N2O3S. The molecule has 136 valence electrons. The molecule has 8 heteroatoms. The molecule has 0 spiro atoms. The van der Waals surface area contributed by atoms with E-state index in [-0.39, 0.29) is 20.6 Å². The van der Waals surface area contributed by atoms with E-state index in [1.807, 2.05) is 6.92 Å². The van der Waals surface area contributed by atoms with Crippen LogP contribution >= 0.6 is 23.2 Å². The van der Waals surface area contributed by atoms with Crippen molar-refractivity contribution in [2.45, 2.75) is 11.8 Å². The van der Waals surface area contributed by atoms with E-state index in [2.05, 4.69) is 10.0 Å². The SMILES string of the molecule is CC=CC=CC(=O)Nc1ccc(Cl)c(S(=O)(=O)Nc2ccccc2Cl)c1. The van der Waals surface area contributed by atoms with Gasteiger partial charge in [0, 0.05) is 11.8 Å². The number of benzene rings is 2. The number of sulfonamides is 1. The first kappa shape index (κ1) is 20.0. The number of rotatable bonds is 6. The predicted octanol–water partition coefficient (Wildman–Crippen LogP) is 4.87. The number of hydrogen-bond acceptors (Lipinski definition) is 3. The van der Waals surface area contributed by atoms with Crippen LogP contribution in [0.1, 0.15) is 6.92 Å². The van der Waals surface area contributed by atoms with Gasteiger partial charge >= 0.3 is 0 Å². The van der Waals surface area contributed by atoms with Crippen molar-refractivity contribution >= 4 is 50.5 Å². The molecule has 0 aliphatic carbocycles. The Morgan fingerprint density at radius 2 is 1.77 bits per heavy atom. The summed E-state index contributed by atoms with van der Waals surface area (Å²) >= 11 is 12.0. The Hall–Kier alpha value is -2.28. The normalized spacial score (nSPS) is 11.8. The highest BCUT2D eigenvalue weighted by molar-refractivity contribution is 7.92. The Bertz CT molecular complexity index is 970. The first-order chi connectivity index (χ1) is 12.3. The lowest BCUT2D eigenvalue weighted by Gasteiger charge is -2.12. The maximum absolute atomic E-state index is 12.6. The topological polar surface area (TPSA) is 75.3 Å². The smallest absolute Gasteiger partial charge is 0.263 e. The van der Waals surface area contributed by atoms with Crippen LogP contribution in [-0.4, -0.2) is 14.3 Å². The zero-order chi connectivity index (χ0) is 19.2. The van der Waals surface area contributed by atoms with Gasteiger partial charge in [-0.2, -0.15) is 0 Å². The number of carbonyl (C=O) groups is 1. The molecule has 5 nitrogen and oxygen atoms in total.